The molecule has 25 heavy (non-hydrogen) atoms. The monoisotopic (exact) mass is 341 g/mol. The molecule has 6 heteroatoms. The van der Waals surface area contributed by atoms with Crippen LogP contribution in [0.5, 0.6) is 0 Å². The Morgan fingerprint density at radius 3 is 2.80 bits per heavy atom. The number of nitrogens with one attached hydrogen (secondary N) is 1. The number of rotatable bonds is 3. The molecule has 2 atom stereocenters. The molecule has 2 aliphatic heterocycles. The van der Waals surface area contributed by atoms with E-state index in [-0.39, 0.29) is 17.9 Å². The summed E-state index contributed by atoms with van der Waals surface area (Å²) in [6.45, 7) is 7.22. The Hall–Kier alpha value is -2.18. The molecule has 1 aromatic carbocycles. The van der Waals surface area contributed by atoms with E-state index in [0.717, 1.165) is 23.6 Å². The highest BCUT2D eigenvalue weighted by atomic mass is 16.5. The maximum atomic E-state index is 12.1. The van der Waals surface area contributed by atoms with Gasteiger partial charge in [-0.25, -0.2) is 4.98 Å². The summed E-state index contributed by atoms with van der Waals surface area (Å²) >= 11 is 0. The van der Waals surface area contributed by atoms with Crippen molar-refractivity contribution in [3.8, 4) is 11.5 Å². The Kier molecular flexibility index (Phi) is 4.31. The number of amides is 1. The van der Waals surface area contributed by atoms with E-state index in [4.69, 9.17) is 14.1 Å². The average molecular weight is 341 g/mol. The second kappa shape index (κ2) is 6.61. The van der Waals surface area contributed by atoms with Crippen LogP contribution >= 0.6 is 0 Å². The van der Waals surface area contributed by atoms with Crippen LogP contribution in [0.15, 0.2) is 28.7 Å². The summed E-state index contributed by atoms with van der Waals surface area (Å²) in [5.74, 6) is 1.47. The Bertz CT molecular complexity index is 769. The van der Waals surface area contributed by atoms with Gasteiger partial charge in [0.2, 0.25) is 11.8 Å². The zero-order valence-electron chi connectivity index (χ0n) is 14.6. The zero-order chi connectivity index (χ0) is 17.4. The molecule has 6 nitrogen and oxygen atoms in total. The number of ether oxygens (including phenoxy) is 1. The summed E-state index contributed by atoms with van der Waals surface area (Å²) in [5.41, 5.74) is 3.13. The molecule has 0 unspecified atom stereocenters. The van der Waals surface area contributed by atoms with Crippen molar-refractivity contribution < 1.29 is 13.9 Å². The topological polar surface area (TPSA) is 67.6 Å². The fraction of sp³-hybridized carbons (Fsp3) is 0.474. The second-order valence-electron chi connectivity index (χ2n) is 7.02. The summed E-state index contributed by atoms with van der Waals surface area (Å²) in [6.07, 6.45) is 0. The van der Waals surface area contributed by atoms with Gasteiger partial charge in [-0.05, 0) is 26.0 Å². The highest BCUT2D eigenvalue weighted by Gasteiger charge is 2.33. The largest absolute Gasteiger partial charge is 0.441 e. The first kappa shape index (κ1) is 16.3. The van der Waals surface area contributed by atoms with Gasteiger partial charge in [0.1, 0.15) is 5.76 Å². The minimum absolute atomic E-state index is 0.0452. The van der Waals surface area contributed by atoms with Crippen molar-refractivity contribution in [2.45, 2.75) is 26.4 Å². The third kappa shape index (κ3) is 3.45. The van der Waals surface area contributed by atoms with Gasteiger partial charge in [0.15, 0.2) is 0 Å². The minimum Gasteiger partial charge on any atom is -0.441 e. The minimum atomic E-state index is -0.115. The predicted molar refractivity (Wildman–Crippen MR) is 92.9 cm³/mol. The lowest BCUT2D eigenvalue weighted by molar-refractivity contribution is -0.125. The number of carbonyl (C=O) groups excluding carboxylic acids is 1. The first-order valence-corrected chi connectivity index (χ1v) is 8.72. The first-order chi connectivity index (χ1) is 12.1. The number of oxazole rings is 1. The SMILES string of the molecule is Cc1ccc(-c2nc(CN3C[C@H]4COC[C@@H](C3)C(=O)N4)c(C)o2)cc1. The van der Waals surface area contributed by atoms with Crippen LogP contribution in [0.4, 0.5) is 0 Å². The highest BCUT2D eigenvalue weighted by molar-refractivity contribution is 5.80. The van der Waals surface area contributed by atoms with Crippen molar-refractivity contribution in [3.63, 3.8) is 0 Å². The van der Waals surface area contributed by atoms with Crippen LogP contribution in [0.25, 0.3) is 11.5 Å². The molecule has 2 saturated heterocycles. The molecular formula is C19H23N3O3. The van der Waals surface area contributed by atoms with Gasteiger partial charge in [-0.15, -0.1) is 0 Å². The number of nitrogens with zero attached hydrogens (tertiary/aromatic N) is 2. The maximum Gasteiger partial charge on any atom is 0.227 e. The van der Waals surface area contributed by atoms with E-state index in [2.05, 4.69) is 29.3 Å². The van der Waals surface area contributed by atoms with Gasteiger partial charge in [0.25, 0.3) is 0 Å². The molecule has 0 radical (unpaired) electrons. The van der Waals surface area contributed by atoms with Crippen molar-refractivity contribution in [1.29, 1.82) is 0 Å². The standard InChI is InChI=1S/C19H23N3O3/c1-12-3-5-14(6-4-12)19-21-17(13(2)25-19)9-22-7-15-10-24-11-16(8-22)20-18(15)23/h3-6,15-16H,7-11H2,1-2H3,(H,20,23)/t15-,16+/m1/s1. The molecular weight excluding hydrogens is 318 g/mol. The number of hydrogen-bond donors (Lipinski definition) is 1. The first-order valence-electron chi connectivity index (χ1n) is 8.72. The fourth-order valence-corrected chi connectivity index (χ4v) is 3.46. The number of benzene rings is 1. The van der Waals surface area contributed by atoms with Crippen molar-refractivity contribution in [3.05, 3.63) is 41.3 Å². The number of fused-ring (bicyclic) bond motifs is 3. The Balaban J connectivity index is 1.53. The van der Waals surface area contributed by atoms with Gasteiger partial charge >= 0.3 is 0 Å². The van der Waals surface area contributed by atoms with E-state index in [1.807, 2.05) is 19.1 Å². The molecule has 3 heterocycles. The summed E-state index contributed by atoms with van der Waals surface area (Å²) in [4.78, 5) is 19.1. The molecule has 0 saturated carbocycles. The number of carbonyl (C=O) groups is 1. The molecule has 1 N–H and O–H groups in total. The Morgan fingerprint density at radius 1 is 1.20 bits per heavy atom. The van der Waals surface area contributed by atoms with Crippen LogP contribution in [0, 0.1) is 19.8 Å². The highest BCUT2D eigenvalue weighted by Crippen LogP contribution is 2.24. The predicted octanol–water partition coefficient (Wildman–Crippen LogP) is 1.91. The van der Waals surface area contributed by atoms with Gasteiger partial charge in [-0.1, -0.05) is 17.7 Å². The van der Waals surface area contributed by atoms with E-state index < -0.39 is 0 Å². The molecule has 2 aromatic rings. The van der Waals surface area contributed by atoms with Gasteiger partial charge in [-0.2, -0.15) is 0 Å². The van der Waals surface area contributed by atoms with Crippen LogP contribution in [-0.2, 0) is 16.1 Å². The number of hydrogen-bond acceptors (Lipinski definition) is 5. The molecule has 132 valence electrons. The lowest BCUT2D eigenvalue weighted by Gasteiger charge is -2.26. The van der Waals surface area contributed by atoms with E-state index in [0.29, 0.717) is 32.2 Å². The lowest BCUT2D eigenvalue weighted by atomic mass is 10.1. The molecule has 0 spiro atoms. The Labute approximate surface area is 147 Å². The lowest BCUT2D eigenvalue weighted by Crippen LogP contribution is -2.41. The fourth-order valence-electron chi connectivity index (χ4n) is 3.46. The maximum absolute atomic E-state index is 12.1. The molecule has 4 rings (SSSR count). The number of aryl methyl sites for hydroxylation is 2. The zero-order valence-corrected chi connectivity index (χ0v) is 14.6. The van der Waals surface area contributed by atoms with E-state index in [1.165, 1.54) is 5.56 Å². The normalized spacial score (nSPS) is 24.0. The molecule has 1 amide bonds. The van der Waals surface area contributed by atoms with Crippen LogP contribution in [-0.4, -0.2) is 48.1 Å². The van der Waals surface area contributed by atoms with E-state index in [1.54, 1.807) is 0 Å². The molecule has 0 aliphatic carbocycles. The third-order valence-corrected chi connectivity index (χ3v) is 4.88. The van der Waals surface area contributed by atoms with Crippen LogP contribution in [0.1, 0.15) is 17.0 Å². The summed E-state index contributed by atoms with van der Waals surface area (Å²) < 4.78 is 11.5. The molecule has 2 bridgehead atoms. The smallest absolute Gasteiger partial charge is 0.227 e. The van der Waals surface area contributed by atoms with Gasteiger partial charge in [-0.3, -0.25) is 9.69 Å². The van der Waals surface area contributed by atoms with Gasteiger partial charge in [0.05, 0.1) is 30.9 Å². The van der Waals surface area contributed by atoms with Crippen molar-refractivity contribution in [1.82, 2.24) is 15.2 Å². The van der Waals surface area contributed by atoms with E-state index >= 15 is 0 Å². The van der Waals surface area contributed by atoms with Gasteiger partial charge in [0, 0.05) is 25.2 Å². The van der Waals surface area contributed by atoms with E-state index in [9.17, 15) is 4.79 Å². The van der Waals surface area contributed by atoms with Crippen LogP contribution in [0.2, 0.25) is 0 Å². The van der Waals surface area contributed by atoms with Crippen molar-refractivity contribution >= 4 is 5.91 Å². The molecule has 1 aromatic heterocycles. The van der Waals surface area contributed by atoms with Crippen molar-refractivity contribution in [2.75, 3.05) is 26.3 Å². The number of aromatic nitrogens is 1. The van der Waals surface area contributed by atoms with Crippen LogP contribution in [0.3, 0.4) is 0 Å². The van der Waals surface area contributed by atoms with Crippen molar-refractivity contribution in [2.24, 2.45) is 5.92 Å². The quantitative estimate of drug-likeness (QED) is 0.924. The summed E-state index contributed by atoms with van der Waals surface area (Å²) in [5, 5.41) is 3.06. The third-order valence-electron chi connectivity index (χ3n) is 4.88. The second-order valence-corrected chi connectivity index (χ2v) is 7.02. The molecule has 2 aliphatic rings. The average Bonchev–Trinajstić information content (AvgIpc) is 2.73. The summed E-state index contributed by atoms with van der Waals surface area (Å²) in [6, 6.07) is 8.22. The summed E-state index contributed by atoms with van der Waals surface area (Å²) in [7, 11) is 0. The Morgan fingerprint density at radius 2 is 2.00 bits per heavy atom. The van der Waals surface area contributed by atoms with Gasteiger partial charge < -0.3 is 14.5 Å². The van der Waals surface area contributed by atoms with Crippen LogP contribution < -0.4 is 5.32 Å². The molecule has 2 fully saturated rings.